The Morgan fingerprint density at radius 3 is 2.64 bits per heavy atom. The Morgan fingerprint density at radius 1 is 1.19 bits per heavy atom. The monoisotopic (exact) mass is 578 g/mol. The van der Waals surface area contributed by atoms with Crippen molar-refractivity contribution in [3.8, 4) is 17.1 Å². The van der Waals surface area contributed by atoms with Crippen molar-refractivity contribution in [3.63, 3.8) is 0 Å². The number of carbonyl (C=O) groups is 2. The van der Waals surface area contributed by atoms with Gasteiger partial charge in [-0.3, -0.25) is 4.79 Å². The molecule has 42 heavy (non-hydrogen) atoms. The Labute approximate surface area is 247 Å². The number of anilines is 1. The van der Waals surface area contributed by atoms with Crippen molar-refractivity contribution in [3.05, 3.63) is 36.0 Å². The van der Waals surface area contributed by atoms with E-state index in [2.05, 4.69) is 17.1 Å². The number of imidazole rings is 1. The number of rotatable bonds is 7. The van der Waals surface area contributed by atoms with Gasteiger partial charge >= 0.3 is 6.09 Å². The average molecular weight is 579 g/mol. The minimum atomic E-state index is -0.584. The third-order valence-corrected chi connectivity index (χ3v) is 7.66. The highest BCUT2D eigenvalue weighted by Crippen LogP contribution is 2.34. The Morgan fingerprint density at radius 2 is 2.00 bits per heavy atom. The van der Waals surface area contributed by atoms with Crippen LogP contribution in [0.2, 0.25) is 0 Å². The summed E-state index contributed by atoms with van der Waals surface area (Å²) in [6.07, 6.45) is 3.51. The second-order valence-electron chi connectivity index (χ2n) is 12.0. The number of hydrogen-bond acceptors (Lipinski definition) is 8. The van der Waals surface area contributed by atoms with Crippen LogP contribution in [-0.4, -0.2) is 89.1 Å². The van der Waals surface area contributed by atoms with Crippen LogP contribution in [-0.2, 0) is 16.0 Å². The molecule has 1 aromatic carbocycles. The van der Waals surface area contributed by atoms with Crippen LogP contribution in [0.1, 0.15) is 57.8 Å². The number of ether oxygens (including phenoxy) is 3. The quantitative estimate of drug-likeness (QED) is 0.437. The number of nitrogens with zero attached hydrogens (tertiary/aromatic N) is 5. The van der Waals surface area contributed by atoms with E-state index in [0.29, 0.717) is 61.5 Å². The largest absolute Gasteiger partial charge is 0.494 e. The SMILES string of the molecule is CCNC(=O)c1cc(OC)c2c(c1)nc(-c1ccc(N3CCC[C@@H]3C)nc1)n2C[C@@H]1CN(C(=O)OC(C)(C)C)CCO1. The summed E-state index contributed by atoms with van der Waals surface area (Å²) in [5.74, 6) is 1.97. The van der Waals surface area contributed by atoms with Gasteiger partial charge in [0, 0.05) is 43.0 Å². The molecule has 2 fully saturated rings. The van der Waals surface area contributed by atoms with Crippen molar-refractivity contribution in [2.24, 2.45) is 0 Å². The fourth-order valence-electron chi connectivity index (χ4n) is 5.67. The first-order valence-electron chi connectivity index (χ1n) is 14.8. The van der Waals surface area contributed by atoms with E-state index >= 15 is 0 Å². The van der Waals surface area contributed by atoms with Gasteiger partial charge in [0.15, 0.2) is 0 Å². The first-order valence-corrected chi connectivity index (χ1v) is 14.8. The van der Waals surface area contributed by atoms with Crippen molar-refractivity contribution >= 4 is 28.9 Å². The van der Waals surface area contributed by atoms with E-state index in [0.717, 1.165) is 36.3 Å². The number of pyridine rings is 1. The van der Waals surface area contributed by atoms with Crippen LogP contribution in [0.5, 0.6) is 5.75 Å². The highest BCUT2D eigenvalue weighted by Gasteiger charge is 2.30. The molecule has 2 saturated heterocycles. The molecule has 11 heteroatoms. The number of methoxy groups -OCH3 is 1. The third-order valence-electron chi connectivity index (χ3n) is 7.66. The minimum absolute atomic E-state index is 0.192. The lowest BCUT2D eigenvalue weighted by Gasteiger charge is -2.34. The van der Waals surface area contributed by atoms with E-state index in [9.17, 15) is 9.59 Å². The molecule has 0 saturated carbocycles. The van der Waals surface area contributed by atoms with Gasteiger partial charge in [0.25, 0.3) is 5.91 Å². The molecule has 2 aliphatic rings. The number of benzene rings is 1. The second-order valence-corrected chi connectivity index (χ2v) is 12.0. The number of morpholine rings is 1. The molecule has 2 atom stereocenters. The number of amides is 2. The lowest BCUT2D eigenvalue weighted by atomic mass is 10.1. The summed E-state index contributed by atoms with van der Waals surface area (Å²) in [6, 6.07) is 8.06. The molecule has 11 nitrogen and oxygen atoms in total. The number of carbonyl (C=O) groups excluding carboxylic acids is 2. The van der Waals surface area contributed by atoms with Crippen LogP contribution in [0, 0.1) is 0 Å². The molecule has 0 bridgehead atoms. The maximum absolute atomic E-state index is 12.8. The Bertz CT molecular complexity index is 1430. The summed E-state index contributed by atoms with van der Waals surface area (Å²) in [4.78, 5) is 39.4. The van der Waals surface area contributed by atoms with Crippen LogP contribution in [0.15, 0.2) is 30.5 Å². The summed E-state index contributed by atoms with van der Waals surface area (Å²) in [5, 5.41) is 2.85. The molecule has 4 heterocycles. The Balaban J connectivity index is 1.53. The highest BCUT2D eigenvalue weighted by molar-refractivity contribution is 6.00. The van der Waals surface area contributed by atoms with Crippen LogP contribution in [0.3, 0.4) is 0 Å². The summed E-state index contributed by atoms with van der Waals surface area (Å²) in [7, 11) is 1.59. The van der Waals surface area contributed by atoms with Crippen LogP contribution < -0.4 is 15.0 Å². The zero-order chi connectivity index (χ0) is 30.0. The predicted octanol–water partition coefficient (Wildman–Crippen LogP) is 4.48. The standard InChI is InChI=1S/C31H42N6O5/c1-7-32-29(38)22-15-24-27(25(16-22)40-6)37(19-23-18-35(13-14-41-23)30(39)42-31(3,4)5)28(34-24)21-10-11-26(33-17-21)36-12-8-9-20(36)2/h10-11,15-17,20,23H,7-9,12-14,18-19H2,1-6H3,(H,32,38)/t20-,23-/m0/s1. The molecule has 0 spiro atoms. The summed E-state index contributed by atoms with van der Waals surface area (Å²) < 4.78 is 19.6. The van der Waals surface area contributed by atoms with Gasteiger partial charge in [-0.15, -0.1) is 0 Å². The Kier molecular flexibility index (Phi) is 8.58. The molecular formula is C31H42N6O5. The van der Waals surface area contributed by atoms with E-state index in [-0.39, 0.29) is 18.1 Å². The first-order chi connectivity index (χ1) is 20.1. The number of nitrogens with one attached hydrogen (secondary N) is 1. The molecule has 0 unspecified atom stereocenters. The fourth-order valence-corrected chi connectivity index (χ4v) is 5.67. The zero-order valence-corrected chi connectivity index (χ0v) is 25.5. The maximum atomic E-state index is 12.8. The molecule has 1 N–H and O–H groups in total. The van der Waals surface area contributed by atoms with Crippen molar-refractivity contribution in [1.29, 1.82) is 0 Å². The molecular weight excluding hydrogens is 536 g/mol. The maximum Gasteiger partial charge on any atom is 0.410 e. The fraction of sp³-hybridized carbons (Fsp3) is 0.548. The minimum Gasteiger partial charge on any atom is -0.494 e. The first kappa shape index (κ1) is 29.6. The van der Waals surface area contributed by atoms with E-state index in [1.54, 1.807) is 24.1 Å². The molecule has 0 radical (unpaired) electrons. The molecule has 5 rings (SSSR count). The molecule has 2 aromatic heterocycles. The van der Waals surface area contributed by atoms with E-state index in [1.807, 2.05) is 50.6 Å². The average Bonchev–Trinajstić information content (AvgIpc) is 3.55. The molecule has 0 aliphatic carbocycles. The zero-order valence-electron chi connectivity index (χ0n) is 25.5. The van der Waals surface area contributed by atoms with Crippen molar-refractivity contribution in [2.75, 3.05) is 44.8 Å². The van der Waals surface area contributed by atoms with Gasteiger partial charge in [0.05, 0.1) is 38.4 Å². The number of hydrogen-bond donors (Lipinski definition) is 1. The van der Waals surface area contributed by atoms with Crippen LogP contribution in [0.25, 0.3) is 22.4 Å². The molecule has 3 aromatic rings. The topological polar surface area (TPSA) is 111 Å². The molecule has 2 aliphatic heterocycles. The van der Waals surface area contributed by atoms with Gasteiger partial charge in [-0.05, 0) is 71.7 Å². The van der Waals surface area contributed by atoms with Crippen LogP contribution in [0.4, 0.5) is 10.6 Å². The van der Waals surface area contributed by atoms with Crippen molar-refractivity contribution in [1.82, 2.24) is 24.8 Å². The highest BCUT2D eigenvalue weighted by atomic mass is 16.6. The van der Waals surface area contributed by atoms with E-state index in [4.69, 9.17) is 24.2 Å². The summed E-state index contributed by atoms with van der Waals surface area (Å²) in [6.45, 7) is 12.8. The Hall–Kier alpha value is -3.86. The van der Waals surface area contributed by atoms with Gasteiger partial charge in [0.1, 0.15) is 28.5 Å². The van der Waals surface area contributed by atoms with Gasteiger partial charge < -0.3 is 33.9 Å². The lowest BCUT2D eigenvalue weighted by Crippen LogP contribution is -2.48. The second kappa shape index (κ2) is 12.2. The molecule has 2 amide bonds. The van der Waals surface area contributed by atoms with Gasteiger partial charge in [0.2, 0.25) is 0 Å². The normalized spacial score (nSPS) is 19.3. The molecule has 226 valence electrons. The van der Waals surface area contributed by atoms with Crippen molar-refractivity contribution in [2.45, 2.75) is 71.8 Å². The van der Waals surface area contributed by atoms with Crippen molar-refractivity contribution < 1.29 is 23.8 Å². The lowest BCUT2D eigenvalue weighted by molar-refractivity contribution is -0.0468. The predicted molar refractivity (Wildman–Crippen MR) is 161 cm³/mol. The smallest absolute Gasteiger partial charge is 0.410 e. The van der Waals surface area contributed by atoms with E-state index in [1.165, 1.54) is 0 Å². The van der Waals surface area contributed by atoms with Gasteiger partial charge in [-0.1, -0.05) is 0 Å². The van der Waals surface area contributed by atoms with Gasteiger partial charge in [-0.25, -0.2) is 14.8 Å². The number of aromatic nitrogens is 3. The van der Waals surface area contributed by atoms with Crippen LogP contribution >= 0.6 is 0 Å². The summed E-state index contributed by atoms with van der Waals surface area (Å²) in [5.41, 5.74) is 2.10. The number of fused-ring (bicyclic) bond motifs is 1. The third kappa shape index (κ3) is 6.30. The van der Waals surface area contributed by atoms with Gasteiger partial charge in [-0.2, -0.15) is 0 Å². The van der Waals surface area contributed by atoms with E-state index < -0.39 is 5.60 Å². The summed E-state index contributed by atoms with van der Waals surface area (Å²) >= 11 is 0.